The van der Waals surface area contributed by atoms with Gasteiger partial charge in [-0.2, -0.15) is 20.2 Å². The predicted octanol–water partition coefficient (Wildman–Crippen LogP) is 5.14. The highest BCUT2D eigenvalue weighted by Crippen LogP contribution is 2.43. The maximum absolute atomic E-state index is 11.9. The van der Waals surface area contributed by atoms with Crippen molar-refractivity contribution in [2.45, 2.75) is 84.0 Å². The molecule has 0 saturated carbocycles. The van der Waals surface area contributed by atoms with E-state index in [-0.39, 0.29) is 18.0 Å². The van der Waals surface area contributed by atoms with Crippen molar-refractivity contribution in [3.05, 3.63) is 53.5 Å². The standard InChI is InChI=1S/C28H35N9O/c1-4-6-25(38)32-19-11-9-18(10-12-19)14-29-26-22-16-31-37(17(2)3)27(22)34-28(33-26)36-20-7-5-8-24(36)21-15-30-35-23(21)13-20/h9-12,15-17,20,24H,4-8,13-14H2,1-3H3,(H,30,35)(H,32,38)(H,29,33,34). The summed E-state index contributed by atoms with van der Waals surface area (Å²) >= 11 is 0. The molecule has 198 valence electrons. The average Bonchev–Trinajstić information content (AvgIpc) is 3.55. The predicted molar refractivity (Wildman–Crippen MR) is 148 cm³/mol. The molecule has 3 aromatic heterocycles. The number of nitrogens with zero attached hydrogens (tertiary/aromatic N) is 6. The molecule has 0 aliphatic carbocycles. The second-order valence-electron chi connectivity index (χ2n) is 10.7. The first kappa shape index (κ1) is 24.4. The lowest BCUT2D eigenvalue weighted by Gasteiger charge is -2.45. The van der Waals surface area contributed by atoms with Crippen LogP contribution in [0.1, 0.15) is 81.8 Å². The van der Waals surface area contributed by atoms with Crippen molar-refractivity contribution >= 4 is 34.4 Å². The molecular formula is C28H35N9O. The van der Waals surface area contributed by atoms with Crippen LogP contribution in [0.25, 0.3) is 11.0 Å². The first-order valence-electron chi connectivity index (χ1n) is 13.7. The van der Waals surface area contributed by atoms with Gasteiger partial charge in [-0.15, -0.1) is 0 Å². The summed E-state index contributed by atoms with van der Waals surface area (Å²) in [6, 6.07) is 8.70. The lowest BCUT2D eigenvalue weighted by molar-refractivity contribution is -0.116. The van der Waals surface area contributed by atoms with Crippen LogP contribution in [0.2, 0.25) is 0 Å². The van der Waals surface area contributed by atoms with E-state index in [4.69, 9.17) is 9.97 Å². The molecule has 3 N–H and O–H groups in total. The number of hydrogen-bond donors (Lipinski definition) is 3. The minimum absolute atomic E-state index is 0.0430. The zero-order chi connectivity index (χ0) is 26.2. The van der Waals surface area contributed by atoms with Crippen LogP contribution in [0.5, 0.6) is 0 Å². The summed E-state index contributed by atoms with van der Waals surface area (Å²) in [5.74, 6) is 1.58. The third kappa shape index (κ3) is 4.48. The number of rotatable bonds is 8. The van der Waals surface area contributed by atoms with E-state index >= 15 is 0 Å². The van der Waals surface area contributed by atoms with Crippen LogP contribution < -0.4 is 15.5 Å². The van der Waals surface area contributed by atoms with Gasteiger partial charge in [-0.3, -0.25) is 9.89 Å². The number of amides is 1. The van der Waals surface area contributed by atoms with Crippen molar-refractivity contribution < 1.29 is 4.79 Å². The van der Waals surface area contributed by atoms with Crippen molar-refractivity contribution in [2.24, 2.45) is 0 Å². The Kier molecular flexibility index (Phi) is 6.47. The van der Waals surface area contributed by atoms with Gasteiger partial charge in [-0.1, -0.05) is 19.1 Å². The maximum atomic E-state index is 11.9. The maximum Gasteiger partial charge on any atom is 0.230 e. The fourth-order valence-electron chi connectivity index (χ4n) is 5.78. The molecule has 1 aromatic carbocycles. The number of aromatic nitrogens is 6. The number of carbonyl (C=O) groups is 1. The molecule has 2 aliphatic rings. The van der Waals surface area contributed by atoms with Crippen molar-refractivity contribution in [3.63, 3.8) is 0 Å². The lowest BCUT2D eigenvalue weighted by atomic mass is 9.83. The SMILES string of the molecule is CCCC(=O)Nc1ccc(CNc2nc(N3C4CCCC3c3cn[nH]c3C4)nc3c2cnn3C(C)C)cc1. The van der Waals surface area contributed by atoms with Gasteiger partial charge in [0.1, 0.15) is 5.82 Å². The van der Waals surface area contributed by atoms with Crippen LogP contribution in [0.15, 0.2) is 36.7 Å². The van der Waals surface area contributed by atoms with Gasteiger partial charge >= 0.3 is 0 Å². The number of fused-ring (bicyclic) bond motifs is 5. The van der Waals surface area contributed by atoms with Crippen LogP contribution in [0.4, 0.5) is 17.5 Å². The Morgan fingerprint density at radius 2 is 2.00 bits per heavy atom. The summed E-state index contributed by atoms with van der Waals surface area (Å²) in [6.45, 7) is 6.84. The molecule has 2 bridgehead atoms. The van der Waals surface area contributed by atoms with E-state index < -0.39 is 0 Å². The van der Waals surface area contributed by atoms with E-state index in [1.54, 1.807) is 0 Å². The molecule has 1 saturated heterocycles. The molecule has 2 aliphatic heterocycles. The highest BCUT2D eigenvalue weighted by Gasteiger charge is 2.40. The number of aromatic amines is 1. The minimum Gasteiger partial charge on any atom is -0.365 e. The second-order valence-corrected chi connectivity index (χ2v) is 10.7. The highest BCUT2D eigenvalue weighted by molar-refractivity contribution is 5.90. The number of hydrogen-bond acceptors (Lipinski definition) is 7. The van der Waals surface area contributed by atoms with Gasteiger partial charge in [0.15, 0.2) is 5.65 Å². The van der Waals surface area contributed by atoms with Gasteiger partial charge in [0, 0.05) is 48.4 Å². The summed E-state index contributed by atoms with van der Waals surface area (Å²) in [5.41, 5.74) is 5.27. The average molecular weight is 514 g/mol. The quantitative estimate of drug-likeness (QED) is 0.299. The Morgan fingerprint density at radius 1 is 1.16 bits per heavy atom. The van der Waals surface area contributed by atoms with Crippen LogP contribution in [-0.2, 0) is 17.8 Å². The largest absolute Gasteiger partial charge is 0.365 e. The number of anilines is 3. The molecule has 0 radical (unpaired) electrons. The molecule has 10 nitrogen and oxygen atoms in total. The molecule has 1 amide bonds. The topological polar surface area (TPSA) is 117 Å². The van der Waals surface area contributed by atoms with Crippen LogP contribution in [-0.4, -0.2) is 41.9 Å². The molecule has 1 fully saturated rings. The van der Waals surface area contributed by atoms with Crippen molar-refractivity contribution in [2.75, 3.05) is 15.5 Å². The number of piperidine rings is 1. The van der Waals surface area contributed by atoms with E-state index in [1.165, 1.54) is 17.7 Å². The molecule has 5 heterocycles. The van der Waals surface area contributed by atoms with E-state index in [9.17, 15) is 4.79 Å². The Bertz CT molecular complexity index is 1440. The Balaban J connectivity index is 1.30. The summed E-state index contributed by atoms with van der Waals surface area (Å²) in [4.78, 5) is 24.5. The molecule has 38 heavy (non-hydrogen) atoms. The van der Waals surface area contributed by atoms with E-state index in [2.05, 4.69) is 44.7 Å². The van der Waals surface area contributed by atoms with Crippen LogP contribution in [0, 0.1) is 0 Å². The summed E-state index contributed by atoms with van der Waals surface area (Å²) in [5, 5.41) is 19.6. The van der Waals surface area contributed by atoms with Crippen molar-refractivity contribution in [1.29, 1.82) is 0 Å². The van der Waals surface area contributed by atoms with E-state index in [1.807, 2.05) is 48.3 Å². The number of benzene rings is 1. The van der Waals surface area contributed by atoms with Crippen LogP contribution >= 0.6 is 0 Å². The lowest BCUT2D eigenvalue weighted by Crippen LogP contribution is -2.47. The fraction of sp³-hybridized carbons (Fsp3) is 0.464. The Morgan fingerprint density at radius 3 is 2.79 bits per heavy atom. The first-order chi connectivity index (χ1) is 18.5. The molecule has 0 spiro atoms. The fourth-order valence-corrected chi connectivity index (χ4v) is 5.78. The van der Waals surface area contributed by atoms with E-state index in [0.717, 1.165) is 59.7 Å². The molecule has 6 rings (SSSR count). The molecule has 2 atom stereocenters. The summed E-state index contributed by atoms with van der Waals surface area (Å²) in [6.07, 6.45) is 9.50. The van der Waals surface area contributed by atoms with Crippen LogP contribution in [0.3, 0.4) is 0 Å². The highest BCUT2D eigenvalue weighted by atomic mass is 16.1. The van der Waals surface area contributed by atoms with Crippen molar-refractivity contribution in [1.82, 2.24) is 29.9 Å². The Hall–Kier alpha value is -3.95. The van der Waals surface area contributed by atoms with Crippen molar-refractivity contribution in [3.8, 4) is 0 Å². The third-order valence-electron chi connectivity index (χ3n) is 7.63. The minimum atomic E-state index is 0.0430. The summed E-state index contributed by atoms with van der Waals surface area (Å²) in [7, 11) is 0. The normalized spacial score (nSPS) is 18.6. The van der Waals surface area contributed by atoms with Gasteiger partial charge in [0.25, 0.3) is 0 Å². The monoisotopic (exact) mass is 513 g/mol. The molecule has 10 heteroatoms. The smallest absolute Gasteiger partial charge is 0.230 e. The second kappa shape index (κ2) is 10.1. The number of H-pyrrole nitrogens is 1. The Labute approximate surface area is 222 Å². The van der Waals surface area contributed by atoms with Gasteiger partial charge in [0.05, 0.1) is 23.8 Å². The number of nitrogens with one attached hydrogen (secondary N) is 3. The first-order valence-corrected chi connectivity index (χ1v) is 13.7. The van der Waals surface area contributed by atoms with E-state index in [0.29, 0.717) is 19.0 Å². The van der Waals surface area contributed by atoms with Gasteiger partial charge in [-0.25, -0.2) is 4.68 Å². The van der Waals surface area contributed by atoms with Gasteiger partial charge < -0.3 is 15.5 Å². The zero-order valence-corrected chi connectivity index (χ0v) is 22.2. The van der Waals surface area contributed by atoms with Gasteiger partial charge in [0.2, 0.25) is 11.9 Å². The third-order valence-corrected chi connectivity index (χ3v) is 7.63. The van der Waals surface area contributed by atoms with Gasteiger partial charge in [-0.05, 0) is 57.2 Å². The summed E-state index contributed by atoms with van der Waals surface area (Å²) < 4.78 is 1.97. The number of carbonyl (C=O) groups excluding carboxylic acids is 1. The molecular weight excluding hydrogens is 478 g/mol. The molecule has 2 unspecified atom stereocenters. The zero-order valence-electron chi connectivity index (χ0n) is 22.2. The molecule has 4 aromatic rings.